The van der Waals surface area contributed by atoms with Gasteiger partial charge in [-0.3, -0.25) is 0 Å². The fraction of sp³-hybridized carbons (Fsp3) is 0. The van der Waals surface area contributed by atoms with Crippen molar-refractivity contribution < 1.29 is 4.39 Å². The molecule has 0 atom stereocenters. The molecule has 0 aliphatic rings. The average molecular weight is 269 g/mol. The fourth-order valence-electron chi connectivity index (χ4n) is 1.13. The lowest BCUT2D eigenvalue weighted by Gasteiger charge is -2.01. The summed E-state index contributed by atoms with van der Waals surface area (Å²) < 4.78 is 13.7. The molecule has 1 aromatic heterocycles. The molecule has 1 aromatic carbocycles. The third-order valence-electron chi connectivity index (χ3n) is 1.71. The van der Waals surface area contributed by atoms with Gasteiger partial charge in [0.25, 0.3) is 0 Å². The summed E-state index contributed by atoms with van der Waals surface area (Å²) in [5.41, 5.74) is 5.96. The molecule has 0 saturated carbocycles. The number of nitrogen functional groups attached to an aromatic ring is 1. The van der Waals surface area contributed by atoms with Crippen molar-refractivity contribution in [1.82, 2.24) is 15.0 Å². The quantitative estimate of drug-likeness (QED) is 0.860. The normalized spacial score (nSPS) is 10.3. The Morgan fingerprint density at radius 1 is 1.20 bits per heavy atom. The van der Waals surface area contributed by atoms with Gasteiger partial charge in [0.05, 0.1) is 0 Å². The molecule has 6 heteroatoms. The van der Waals surface area contributed by atoms with Crippen molar-refractivity contribution in [2.75, 3.05) is 5.73 Å². The molecule has 0 spiro atoms. The number of nitrogens with zero attached hydrogens (tertiary/aromatic N) is 3. The van der Waals surface area contributed by atoms with E-state index in [0.717, 1.165) is 0 Å². The van der Waals surface area contributed by atoms with Crippen LogP contribution < -0.4 is 5.73 Å². The maximum Gasteiger partial charge on any atom is 0.223 e. The standard InChI is InChI=1S/C9H6BrFN4/c10-6-1-5(2-7(11)3-6)8-13-4-14-9(12)15-8/h1-4H,(H2,12,13,14,15). The van der Waals surface area contributed by atoms with E-state index in [2.05, 4.69) is 30.9 Å². The minimum absolute atomic E-state index is 0.111. The van der Waals surface area contributed by atoms with E-state index in [-0.39, 0.29) is 11.8 Å². The van der Waals surface area contributed by atoms with Crippen LogP contribution in [0.4, 0.5) is 10.3 Å². The van der Waals surface area contributed by atoms with Crippen molar-refractivity contribution in [3.8, 4) is 11.4 Å². The third-order valence-corrected chi connectivity index (χ3v) is 2.17. The second-order valence-corrected chi connectivity index (χ2v) is 3.74. The summed E-state index contributed by atoms with van der Waals surface area (Å²) in [6.45, 7) is 0. The average Bonchev–Trinajstić information content (AvgIpc) is 2.16. The minimum atomic E-state index is -0.363. The van der Waals surface area contributed by atoms with Gasteiger partial charge in [-0.05, 0) is 18.2 Å². The van der Waals surface area contributed by atoms with Gasteiger partial charge in [0, 0.05) is 10.0 Å². The summed E-state index contributed by atoms with van der Waals surface area (Å²) in [5, 5.41) is 0. The van der Waals surface area contributed by atoms with Crippen LogP contribution in [0.25, 0.3) is 11.4 Å². The molecule has 76 valence electrons. The second-order valence-electron chi connectivity index (χ2n) is 2.83. The van der Waals surface area contributed by atoms with Gasteiger partial charge >= 0.3 is 0 Å². The monoisotopic (exact) mass is 268 g/mol. The van der Waals surface area contributed by atoms with Crippen molar-refractivity contribution in [3.05, 3.63) is 34.8 Å². The first-order valence-corrected chi connectivity index (χ1v) is 4.85. The van der Waals surface area contributed by atoms with Gasteiger partial charge in [-0.2, -0.15) is 4.98 Å². The Morgan fingerprint density at radius 3 is 2.67 bits per heavy atom. The Kier molecular flexibility index (Phi) is 2.59. The maximum absolute atomic E-state index is 13.1. The molecule has 0 saturated heterocycles. The lowest BCUT2D eigenvalue weighted by molar-refractivity contribution is 0.627. The Morgan fingerprint density at radius 2 is 2.00 bits per heavy atom. The van der Waals surface area contributed by atoms with Gasteiger partial charge in [0.1, 0.15) is 12.1 Å². The predicted molar refractivity (Wildman–Crippen MR) is 57.3 cm³/mol. The zero-order valence-electron chi connectivity index (χ0n) is 7.48. The number of hydrogen-bond donors (Lipinski definition) is 1. The lowest BCUT2D eigenvalue weighted by atomic mass is 10.2. The largest absolute Gasteiger partial charge is 0.368 e. The molecule has 0 amide bonds. The van der Waals surface area contributed by atoms with E-state index in [1.165, 1.54) is 18.5 Å². The summed E-state index contributed by atoms with van der Waals surface area (Å²) in [5.74, 6) is 0.0986. The number of nitrogens with two attached hydrogens (primary N) is 1. The van der Waals surface area contributed by atoms with E-state index in [1.54, 1.807) is 6.07 Å². The van der Waals surface area contributed by atoms with Crippen LogP contribution in [0.5, 0.6) is 0 Å². The number of rotatable bonds is 1. The molecular formula is C9H6BrFN4. The van der Waals surface area contributed by atoms with E-state index in [1.807, 2.05) is 0 Å². The summed E-state index contributed by atoms with van der Waals surface area (Å²) in [6.07, 6.45) is 1.29. The molecule has 4 nitrogen and oxygen atoms in total. The first-order chi connectivity index (χ1) is 7.15. The third kappa shape index (κ3) is 2.27. The van der Waals surface area contributed by atoms with Gasteiger partial charge in [0.15, 0.2) is 5.82 Å². The van der Waals surface area contributed by atoms with Gasteiger partial charge in [-0.15, -0.1) is 0 Å². The van der Waals surface area contributed by atoms with E-state index in [0.29, 0.717) is 15.9 Å². The van der Waals surface area contributed by atoms with Gasteiger partial charge in [0.2, 0.25) is 5.95 Å². The number of hydrogen-bond acceptors (Lipinski definition) is 4. The molecule has 0 aliphatic carbocycles. The summed E-state index contributed by atoms with van der Waals surface area (Å²) in [6, 6.07) is 4.39. The SMILES string of the molecule is Nc1ncnc(-c2cc(F)cc(Br)c2)n1. The Balaban J connectivity index is 2.54. The van der Waals surface area contributed by atoms with Crippen molar-refractivity contribution >= 4 is 21.9 Å². The fourth-order valence-corrected chi connectivity index (χ4v) is 1.60. The molecule has 2 aromatic rings. The topological polar surface area (TPSA) is 64.7 Å². The van der Waals surface area contributed by atoms with E-state index in [4.69, 9.17) is 5.73 Å². The summed E-state index contributed by atoms with van der Waals surface area (Å²) in [7, 11) is 0. The van der Waals surface area contributed by atoms with Crippen LogP contribution in [0, 0.1) is 5.82 Å². The maximum atomic E-state index is 13.1. The smallest absolute Gasteiger partial charge is 0.223 e. The number of benzene rings is 1. The van der Waals surface area contributed by atoms with Gasteiger partial charge < -0.3 is 5.73 Å². The zero-order valence-corrected chi connectivity index (χ0v) is 9.07. The number of aromatic nitrogens is 3. The highest BCUT2D eigenvalue weighted by molar-refractivity contribution is 9.10. The van der Waals surface area contributed by atoms with Crippen LogP contribution in [0.3, 0.4) is 0 Å². The Hall–Kier alpha value is -1.56. The molecule has 0 unspecified atom stereocenters. The lowest BCUT2D eigenvalue weighted by Crippen LogP contribution is -1.98. The van der Waals surface area contributed by atoms with Crippen molar-refractivity contribution in [1.29, 1.82) is 0 Å². The minimum Gasteiger partial charge on any atom is -0.368 e. The summed E-state index contributed by atoms with van der Waals surface area (Å²) in [4.78, 5) is 11.5. The molecule has 0 radical (unpaired) electrons. The van der Waals surface area contributed by atoms with E-state index >= 15 is 0 Å². The second kappa shape index (κ2) is 3.90. The predicted octanol–water partition coefficient (Wildman–Crippen LogP) is 2.02. The first-order valence-electron chi connectivity index (χ1n) is 4.06. The van der Waals surface area contributed by atoms with Crippen LogP contribution in [0.1, 0.15) is 0 Å². The molecule has 15 heavy (non-hydrogen) atoms. The van der Waals surface area contributed by atoms with Crippen LogP contribution >= 0.6 is 15.9 Å². The number of anilines is 1. The van der Waals surface area contributed by atoms with E-state index in [9.17, 15) is 4.39 Å². The highest BCUT2D eigenvalue weighted by atomic mass is 79.9. The molecule has 0 bridgehead atoms. The summed E-state index contributed by atoms with van der Waals surface area (Å²) >= 11 is 3.19. The van der Waals surface area contributed by atoms with E-state index < -0.39 is 0 Å². The highest BCUT2D eigenvalue weighted by Crippen LogP contribution is 2.21. The molecule has 2 N–H and O–H groups in total. The highest BCUT2D eigenvalue weighted by Gasteiger charge is 2.05. The molecule has 1 heterocycles. The number of halogens is 2. The first kappa shape index (κ1) is 9.97. The Labute approximate surface area is 93.5 Å². The zero-order chi connectivity index (χ0) is 10.8. The van der Waals surface area contributed by atoms with Crippen LogP contribution in [0.2, 0.25) is 0 Å². The van der Waals surface area contributed by atoms with Crippen molar-refractivity contribution in [2.24, 2.45) is 0 Å². The van der Waals surface area contributed by atoms with Crippen LogP contribution in [-0.4, -0.2) is 15.0 Å². The van der Waals surface area contributed by atoms with Crippen LogP contribution in [0.15, 0.2) is 29.0 Å². The van der Waals surface area contributed by atoms with Crippen molar-refractivity contribution in [2.45, 2.75) is 0 Å². The van der Waals surface area contributed by atoms with Gasteiger partial charge in [-0.1, -0.05) is 15.9 Å². The molecule has 2 rings (SSSR count). The molecule has 0 aliphatic heterocycles. The Bertz CT molecular complexity index is 483. The van der Waals surface area contributed by atoms with Crippen molar-refractivity contribution in [3.63, 3.8) is 0 Å². The van der Waals surface area contributed by atoms with Crippen LogP contribution in [-0.2, 0) is 0 Å². The van der Waals surface area contributed by atoms with Gasteiger partial charge in [-0.25, -0.2) is 14.4 Å². The molecule has 0 fully saturated rings. The molecular weight excluding hydrogens is 263 g/mol.